The first-order valence-corrected chi connectivity index (χ1v) is 4.93. The van der Waals surface area contributed by atoms with E-state index in [-0.39, 0.29) is 11.8 Å². The van der Waals surface area contributed by atoms with Crippen molar-refractivity contribution in [3.63, 3.8) is 0 Å². The Kier molecular flexibility index (Phi) is 2.44. The zero-order chi connectivity index (χ0) is 11.7. The Morgan fingerprint density at radius 2 is 1.81 bits per heavy atom. The van der Waals surface area contributed by atoms with Gasteiger partial charge in [-0.1, -0.05) is 30.9 Å². The molecule has 0 radical (unpaired) electrons. The summed E-state index contributed by atoms with van der Waals surface area (Å²) in [5.74, 6) is -0.607. The van der Waals surface area contributed by atoms with Gasteiger partial charge in [-0.25, -0.2) is 4.90 Å². The molecule has 1 aliphatic rings. The summed E-state index contributed by atoms with van der Waals surface area (Å²) in [5, 5.41) is 0. The second kappa shape index (κ2) is 3.77. The summed E-state index contributed by atoms with van der Waals surface area (Å²) in [4.78, 5) is 24.4. The number of carbonyl (C=O) groups excluding carboxylic acids is 2. The first kappa shape index (κ1) is 10.4. The van der Waals surface area contributed by atoms with Crippen molar-refractivity contribution in [2.45, 2.75) is 6.92 Å². The maximum atomic E-state index is 11.6. The highest BCUT2D eigenvalue weighted by Crippen LogP contribution is 2.28. The molecule has 0 bridgehead atoms. The molecule has 0 aromatic heterocycles. The first-order chi connectivity index (χ1) is 7.65. The molecule has 0 fully saturated rings. The number of amides is 2. The van der Waals surface area contributed by atoms with Crippen LogP contribution < -0.4 is 4.90 Å². The van der Waals surface area contributed by atoms with Gasteiger partial charge in [-0.05, 0) is 18.1 Å². The lowest BCUT2D eigenvalue weighted by molar-refractivity contribution is -0.119. The molecule has 3 nitrogen and oxygen atoms in total. The summed E-state index contributed by atoms with van der Waals surface area (Å²) >= 11 is 0. The molecule has 3 heteroatoms. The number of carbonyl (C=O) groups is 2. The third-order valence-electron chi connectivity index (χ3n) is 2.52. The third kappa shape index (κ3) is 1.46. The predicted octanol–water partition coefficient (Wildman–Crippen LogP) is 2.07. The van der Waals surface area contributed by atoms with Gasteiger partial charge in [0.25, 0.3) is 11.8 Å². The number of hydrogen-bond donors (Lipinski definition) is 0. The molecule has 0 atom stereocenters. The van der Waals surface area contributed by atoms with E-state index in [9.17, 15) is 9.59 Å². The minimum atomic E-state index is -0.303. The van der Waals surface area contributed by atoms with Crippen LogP contribution in [0.2, 0.25) is 0 Å². The van der Waals surface area contributed by atoms with Gasteiger partial charge in [-0.2, -0.15) is 0 Å². The molecule has 1 heterocycles. The average Bonchev–Trinajstić information content (AvgIpc) is 2.59. The summed E-state index contributed by atoms with van der Waals surface area (Å²) < 4.78 is 0. The van der Waals surface area contributed by atoms with Crippen molar-refractivity contribution in [2.75, 3.05) is 4.90 Å². The van der Waals surface area contributed by atoms with Crippen molar-refractivity contribution in [1.29, 1.82) is 0 Å². The molecule has 0 saturated heterocycles. The topological polar surface area (TPSA) is 37.4 Å². The van der Waals surface area contributed by atoms with Crippen LogP contribution in [0.4, 0.5) is 5.69 Å². The van der Waals surface area contributed by atoms with Crippen LogP contribution in [0, 0.1) is 6.92 Å². The van der Waals surface area contributed by atoms with Gasteiger partial charge in [0, 0.05) is 12.2 Å². The summed E-state index contributed by atoms with van der Waals surface area (Å²) in [5.41, 5.74) is 2.28. The summed E-state index contributed by atoms with van der Waals surface area (Å²) in [7, 11) is 0. The molecule has 1 aromatic carbocycles. The molecule has 0 aliphatic carbocycles. The molecule has 0 saturated carbocycles. The fraction of sp³-hybridized carbons (Fsp3) is 0.0769. The van der Waals surface area contributed by atoms with Crippen molar-refractivity contribution >= 4 is 23.6 Å². The van der Waals surface area contributed by atoms with Crippen LogP contribution in [0.15, 0.2) is 36.9 Å². The Morgan fingerprint density at radius 1 is 1.19 bits per heavy atom. The van der Waals surface area contributed by atoms with Gasteiger partial charge in [-0.15, -0.1) is 0 Å². The van der Waals surface area contributed by atoms with Crippen LogP contribution in [0.3, 0.4) is 0 Å². The Balaban J connectivity index is 2.60. The Hall–Kier alpha value is -2.16. The number of aryl methyl sites for hydroxylation is 1. The number of benzene rings is 1. The van der Waals surface area contributed by atoms with Crippen LogP contribution in [-0.2, 0) is 9.59 Å². The average molecular weight is 213 g/mol. The molecule has 0 N–H and O–H groups in total. The van der Waals surface area contributed by atoms with E-state index in [2.05, 4.69) is 6.58 Å². The van der Waals surface area contributed by atoms with E-state index < -0.39 is 0 Å². The van der Waals surface area contributed by atoms with Crippen LogP contribution in [0.25, 0.3) is 6.08 Å². The minimum Gasteiger partial charge on any atom is -0.269 e. The van der Waals surface area contributed by atoms with Crippen molar-refractivity contribution in [2.24, 2.45) is 0 Å². The van der Waals surface area contributed by atoms with Gasteiger partial charge in [0.05, 0.1) is 5.69 Å². The third-order valence-corrected chi connectivity index (χ3v) is 2.52. The molecule has 0 unspecified atom stereocenters. The van der Waals surface area contributed by atoms with E-state index in [1.165, 1.54) is 17.1 Å². The van der Waals surface area contributed by atoms with E-state index in [1.54, 1.807) is 6.08 Å². The quantitative estimate of drug-likeness (QED) is 0.705. The zero-order valence-corrected chi connectivity index (χ0v) is 8.93. The number of nitrogens with zero attached hydrogens (tertiary/aromatic N) is 1. The number of para-hydroxylation sites is 1. The lowest BCUT2D eigenvalue weighted by Crippen LogP contribution is -2.30. The molecule has 1 aliphatic heterocycles. The monoisotopic (exact) mass is 213 g/mol. The highest BCUT2D eigenvalue weighted by atomic mass is 16.2. The second-order valence-corrected chi connectivity index (χ2v) is 3.56. The van der Waals surface area contributed by atoms with E-state index in [1.807, 2.05) is 25.1 Å². The van der Waals surface area contributed by atoms with Crippen molar-refractivity contribution in [3.8, 4) is 0 Å². The molecule has 2 rings (SSSR count). The van der Waals surface area contributed by atoms with E-state index in [0.29, 0.717) is 5.69 Å². The normalized spacial score (nSPS) is 14.7. The van der Waals surface area contributed by atoms with Crippen molar-refractivity contribution < 1.29 is 9.59 Å². The SMILES string of the molecule is C=Cc1cccc(C)c1N1C(=O)C=CC1=O. The van der Waals surface area contributed by atoms with Gasteiger partial charge < -0.3 is 0 Å². The smallest absolute Gasteiger partial charge is 0.258 e. The molecular formula is C13H11NO2. The zero-order valence-electron chi connectivity index (χ0n) is 8.93. The van der Waals surface area contributed by atoms with Crippen molar-refractivity contribution in [1.82, 2.24) is 0 Å². The highest BCUT2D eigenvalue weighted by molar-refractivity contribution is 6.28. The fourth-order valence-electron chi connectivity index (χ4n) is 1.77. The molecule has 16 heavy (non-hydrogen) atoms. The maximum Gasteiger partial charge on any atom is 0.258 e. The largest absolute Gasteiger partial charge is 0.269 e. The number of imide groups is 1. The van der Waals surface area contributed by atoms with Crippen molar-refractivity contribution in [3.05, 3.63) is 48.1 Å². The molecule has 1 aromatic rings. The Morgan fingerprint density at radius 3 is 2.38 bits per heavy atom. The summed E-state index contributed by atoms with van der Waals surface area (Å²) in [6.45, 7) is 5.55. The molecule has 2 amide bonds. The highest BCUT2D eigenvalue weighted by Gasteiger charge is 2.27. The van der Waals surface area contributed by atoms with E-state index in [4.69, 9.17) is 0 Å². The summed E-state index contributed by atoms with van der Waals surface area (Å²) in [6, 6.07) is 5.56. The molecule has 0 spiro atoms. The maximum absolute atomic E-state index is 11.6. The van der Waals surface area contributed by atoms with Crippen LogP contribution in [0.5, 0.6) is 0 Å². The van der Waals surface area contributed by atoms with Crippen LogP contribution in [0.1, 0.15) is 11.1 Å². The molecular weight excluding hydrogens is 202 g/mol. The van der Waals surface area contributed by atoms with Gasteiger partial charge in [0.15, 0.2) is 0 Å². The second-order valence-electron chi connectivity index (χ2n) is 3.56. The number of rotatable bonds is 2. The van der Waals surface area contributed by atoms with E-state index >= 15 is 0 Å². The Bertz CT molecular complexity index is 497. The van der Waals surface area contributed by atoms with Gasteiger partial charge in [0.2, 0.25) is 0 Å². The Labute approximate surface area is 93.7 Å². The lowest BCUT2D eigenvalue weighted by Gasteiger charge is -2.19. The summed E-state index contributed by atoms with van der Waals surface area (Å²) in [6.07, 6.45) is 4.20. The van der Waals surface area contributed by atoms with Gasteiger partial charge in [0.1, 0.15) is 0 Å². The van der Waals surface area contributed by atoms with Gasteiger partial charge >= 0.3 is 0 Å². The minimum absolute atomic E-state index is 0.303. The van der Waals surface area contributed by atoms with Crippen LogP contribution >= 0.6 is 0 Å². The fourth-order valence-corrected chi connectivity index (χ4v) is 1.77. The standard InChI is InChI=1S/C13H11NO2/c1-3-10-6-4-5-9(2)13(10)14-11(15)7-8-12(14)16/h3-8H,1H2,2H3. The number of anilines is 1. The predicted molar refractivity (Wildman–Crippen MR) is 62.9 cm³/mol. The first-order valence-electron chi connectivity index (χ1n) is 4.93. The van der Waals surface area contributed by atoms with E-state index in [0.717, 1.165) is 11.1 Å². The lowest BCUT2D eigenvalue weighted by atomic mass is 10.1. The van der Waals surface area contributed by atoms with Crippen LogP contribution in [-0.4, -0.2) is 11.8 Å². The van der Waals surface area contributed by atoms with Gasteiger partial charge in [-0.3, -0.25) is 9.59 Å². The number of hydrogen-bond acceptors (Lipinski definition) is 2. The molecule has 80 valence electrons.